The maximum Gasteiger partial charge on any atom is 0.224 e. The lowest BCUT2D eigenvalue weighted by atomic mass is 9.95. The largest absolute Gasteiger partial charge is 0.383 e. The van der Waals surface area contributed by atoms with E-state index in [1.54, 1.807) is 12.3 Å². The molecule has 2 aromatic rings. The highest BCUT2D eigenvalue weighted by atomic mass is 16.1. The van der Waals surface area contributed by atoms with Crippen LogP contribution in [0.4, 0.5) is 11.5 Å². The number of hydrogen-bond donors (Lipinski definition) is 2. The number of carbonyl (C=O) groups is 1. The van der Waals surface area contributed by atoms with Gasteiger partial charge in [0.15, 0.2) is 0 Å². The molecule has 3 N–H and O–H groups in total. The number of nitrogens with zero attached hydrogens (tertiary/aromatic N) is 2. The van der Waals surface area contributed by atoms with Gasteiger partial charge in [0.1, 0.15) is 17.5 Å². The molecule has 0 bridgehead atoms. The molecule has 0 atom stereocenters. The van der Waals surface area contributed by atoms with Crippen molar-refractivity contribution in [2.24, 2.45) is 0 Å². The van der Waals surface area contributed by atoms with Crippen molar-refractivity contribution in [3.05, 3.63) is 41.6 Å². The summed E-state index contributed by atoms with van der Waals surface area (Å²) in [5, 5.41) is 12.0. The van der Waals surface area contributed by atoms with E-state index in [4.69, 9.17) is 5.73 Å². The Hall–Kier alpha value is -2.87. The maximum atomic E-state index is 11.3. The first-order chi connectivity index (χ1) is 9.69. The molecular formula is C15H12N4O. The molecule has 0 aliphatic carbocycles. The lowest BCUT2D eigenvalue weighted by Crippen LogP contribution is -2.18. The number of amides is 1. The highest BCUT2D eigenvalue weighted by Gasteiger charge is 2.16. The smallest absolute Gasteiger partial charge is 0.224 e. The normalized spacial score (nSPS) is 13.2. The molecule has 1 aromatic heterocycles. The molecule has 1 aliphatic rings. The first-order valence-electron chi connectivity index (χ1n) is 6.27. The average molecular weight is 264 g/mol. The lowest BCUT2D eigenvalue weighted by molar-refractivity contribution is -0.116. The minimum atomic E-state index is 0.0381. The van der Waals surface area contributed by atoms with E-state index >= 15 is 0 Å². The van der Waals surface area contributed by atoms with Crippen molar-refractivity contribution in [2.45, 2.75) is 12.8 Å². The predicted octanol–water partition coefficient (Wildman–Crippen LogP) is 2.09. The van der Waals surface area contributed by atoms with Gasteiger partial charge in [-0.3, -0.25) is 4.79 Å². The predicted molar refractivity (Wildman–Crippen MR) is 75.8 cm³/mol. The van der Waals surface area contributed by atoms with Gasteiger partial charge in [0.25, 0.3) is 0 Å². The van der Waals surface area contributed by atoms with Crippen molar-refractivity contribution < 1.29 is 4.79 Å². The standard InChI is InChI=1S/C15H12N4O/c16-8-12-11(5-6-18-15(12)17)9-1-3-13-10(7-9)2-4-14(20)19-13/h1,3,5-7H,2,4H2,(H2,17,18)(H,19,20). The summed E-state index contributed by atoms with van der Waals surface area (Å²) in [6.45, 7) is 0. The molecule has 0 radical (unpaired) electrons. The minimum Gasteiger partial charge on any atom is -0.383 e. The number of nitrogens with two attached hydrogens (primary N) is 1. The van der Waals surface area contributed by atoms with Gasteiger partial charge in [-0.25, -0.2) is 4.98 Å². The highest BCUT2D eigenvalue weighted by Crippen LogP contribution is 2.31. The number of anilines is 2. The Kier molecular flexibility index (Phi) is 2.84. The Labute approximate surface area is 116 Å². The molecule has 98 valence electrons. The zero-order chi connectivity index (χ0) is 14.1. The summed E-state index contributed by atoms with van der Waals surface area (Å²) in [6.07, 6.45) is 2.78. The molecule has 5 heteroatoms. The van der Waals surface area contributed by atoms with E-state index in [-0.39, 0.29) is 11.7 Å². The molecule has 0 saturated carbocycles. The van der Waals surface area contributed by atoms with Crippen LogP contribution in [0.15, 0.2) is 30.5 Å². The number of rotatable bonds is 1. The number of benzene rings is 1. The minimum absolute atomic E-state index is 0.0381. The number of hydrogen-bond acceptors (Lipinski definition) is 4. The highest BCUT2D eigenvalue weighted by molar-refractivity contribution is 5.94. The second kappa shape index (κ2) is 4.67. The lowest BCUT2D eigenvalue weighted by Gasteiger charge is -2.18. The van der Waals surface area contributed by atoms with Gasteiger partial charge in [0, 0.05) is 23.9 Å². The number of pyridine rings is 1. The van der Waals surface area contributed by atoms with Gasteiger partial charge in [0.2, 0.25) is 5.91 Å². The van der Waals surface area contributed by atoms with Crippen LogP contribution >= 0.6 is 0 Å². The maximum absolute atomic E-state index is 11.3. The summed E-state index contributed by atoms with van der Waals surface area (Å²) < 4.78 is 0. The van der Waals surface area contributed by atoms with Crippen LogP contribution < -0.4 is 11.1 Å². The van der Waals surface area contributed by atoms with Crippen LogP contribution in [0.1, 0.15) is 17.5 Å². The van der Waals surface area contributed by atoms with Crippen molar-refractivity contribution >= 4 is 17.4 Å². The molecule has 0 spiro atoms. The molecule has 2 heterocycles. The summed E-state index contributed by atoms with van der Waals surface area (Å²) in [4.78, 5) is 15.3. The second-order valence-corrected chi connectivity index (χ2v) is 4.65. The van der Waals surface area contributed by atoms with E-state index in [9.17, 15) is 10.1 Å². The molecule has 1 amide bonds. The molecule has 20 heavy (non-hydrogen) atoms. The third-order valence-electron chi connectivity index (χ3n) is 3.40. The van der Waals surface area contributed by atoms with Crippen LogP contribution in [0.2, 0.25) is 0 Å². The quantitative estimate of drug-likeness (QED) is 0.824. The van der Waals surface area contributed by atoms with E-state index in [0.29, 0.717) is 18.4 Å². The van der Waals surface area contributed by atoms with E-state index in [0.717, 1.165) is 22.4 Å². The van der Waals surface area contributed by atoms with E-state index in [1.165, 1.54) is 0 Å². The molecule has 0 unspecified atom stereocenters. The van der Waals surface area contributed by atoms with Gasteiger partial charge < -0.3 is 11.1 Å². The third kappa shape index (κ3) is 1.97. The zero-order valence-electron chi connectivity index (χ0n) is 10.7. The molecule has 5 nitrogen and oxygen atoms in total. The summed E-state index contributed by atoms with van der Waals surface area (Å²) in [6, 6.07) is 9.59. The van der Waals surface area contributed by atoms with Gasteiger partial charge >= 0.3 is 0 Å². The van der Waals surface area contributed by atoms with Crippen LogP contribution in [0.25, 0.3) is 11.1 Å². The van der Waals surface area contributed by atoms with Crippen molar-refractivity contribution in [1.29, 1.82) is 5.26 Å². The van der Waals surface area contributed by atoms with Crippen LogP contribution in [0, 0.1) is 11.3 Å². The second-order valence-electron chi connectivity index (χ2n) is 4.65. The molecule has 1 aromatic carbocycles. The van der Waals surface area contributed by atoms with Gasteiger partial charge in [-0.05, 0) is 35.7 Å². The number of carbonyl (C=O) groups excluding carboxylic acids is 1. The topological polar surface area (TPSA) is 91.8 Å². The van der Waals surface area contributed by atoms with Gasteiger partial charge in [-0.2, -0.15) is 5.26 Å². The first kappa shape index (κ1) is 12.2. The fourth-order valence-electron chi connectivity index (χ4n) is 2.39. The number of nitrogen functional groups attached to an aromatic ring is 1. The van der Waals surface area contributed by atoms with E-state index in [2.05, 4.69) is 16.4 Å². The van der Waals surface area contributed by atoms with E-state index in [1.807, 2.05) is 18.2 Å². The molecule has 3 rings (SSSR count). The molecule has 1 aliphatic heterocycles. The third-order valence-corrected chi connectivity index (χ3v) is 3.40. The zero-order valence-corrected chi connectivity index (χ0v) is 10.7. The van der Waals surface area contributed by atoms with Crippen molar-refractivity contribution in [3.63, 3.8) is 0 Å². The number of nitriles is 1. The van der Waals surface area contributed by atoms with Crippen LogP contribution in [0.5, 0.6) is 0 Å². The Morgan fingerprint density at radius 2 is 2.15 bits per heavy atom. The van der Waals surface area contributed by atoms with Crippen molar-refractivity contribution in [1.82, 2.24) is 4.98 Å². The Balaban J connectivity index is 2.11. The van der Waals surface area contributed by atoms with E-state index < -0.39 is 0 Å². The SMILES string of the molecule is N#Cc1c(-c2ccc3c(c2)CCC(=O)N3)ccnc1N. The fourth-order valence-corrected chi connectivity index (χ4v) is 2.39. The average Bonchev–Trinajstić information content (AvgIpc) is 2.46. The first-order valence-corrected chi connectivity index (χ1v) is 6.27. The Morgan fingerprint density at radius 3 is 2.95 bits per heavy atom. The number of aryl methyl sites for hydroxylation is 1. The van der Waals surface area contributed by atoms with Crippen molar-refractivity contribution in [3.8, 4) is 17.2 Å². The number of nitrogens with one attached hydrogen (secondary N) is 1. The Bertz CT molecular complexity index is 746. The molecule has 0 saturated heterocycles. The summed E-state index contributed by atoms with van der Waals surface area (Å²) in [5.74, 6) is 0.271. The Morgan fingerprint density at radius 1 is 1.30 bits per heavy atom. The van der Waals surface area contributed by atoms with Crippen LogP contribution in [-0.2, 0) is 11.2 Å². The van der Waals surface area contributed by atoms with Gasteiger partial charge in [-0.15, -0.1) is 0 Å². The summed E-state index contributed by atoms with van der Waals surface area (Å²) in [7, 11) is 0. The van der Waals surface area contributed by atoms with Gasteiger partial charge in [0.05, 0.1) is 0 Å². The summed E-state index contributed by atoms with van der Waals surface area (Å²) >= 11 is 0. The fraction of sp³-hybridized carbons (Fsp3) is 0.133. The molecular weight excluding hydrogens is 252 g/mol. The van der Waals surface area contributed by atoms with Crippen LogP contribution in [-0.4, -0.2) is 10.9 Å². The van der Waals surface area contributed by atoms with Crippen LogP contribution in [0.3, 0.4) is 0 Å². The number of aromatic nitrogens is 1. The van der Waals surface area contributed by atoms with Crippen molar-refractivity contribution in [2.75, 3.05) is 11.1 Å². The monoisotopic (exact) mass is 264 g/mol. The van der Waals surface area contributed by atoms with Gasteiger partial charge in [-0.1, -0.05) is 6.07 Å². The summed E-state index contributed by atoms with van der Waals surface area (Å²) in [5.41, 5.74) is 9.70. The molecule has 0 fully saturated rings. The number of fused-ring (bicyclic) bond motifs is 1.